The minimum atomic E-state index is -3.73. The van der Waals surface area contributed by atoms with E-state index in [9.17, 15) is 13.6 Å². The van der Waals surface area contributed by atoms with Crippen LogP contribution in [-0.4, -0.2) is 19.1 Å². The maximum absolute atomic E-state index is 11.7. The normalized spacial score (nSPS) is 11.0. The Balaban J connectivity index is 3.22. The van der Waals surface area contributed by atoms with Crippen LogP contribution in [0.4, 0.5) is 5.69 Å². The Bertz CT molecular complexity index is 511. The van der Waals surface area contributed by atoms with Crippen molar-refractivity contribution in [2.75, 3.05) is 6.54 Å². The first-order valence-corrected chi connectivity index (χ1v) is 6.18. The van der Waals surface area contributed by atoms with E-state index >= 15 is 0 Å². The Morgan fingerprint density at radius 2 is 2.12 bits per heavy atom. The number of hydrogen-bond acceptors (Lipinski definition) is 4. The Hall–Kier alpha value is -1.31. The van der Waals surface area contributed by atoms with E-state index < -0.39 is 10.0 Å². The van der Waals surface area contributed by atoms with Gasteiger partial charge in [-0.1, -0.05) is 22.3 Å². The van der Waals surface area contributed by atoms with Crippen molar-refractivity contribution in [3.8, 4) is 0 Å². The van der Waals surface area contributed by atoms with Crippen LogP contribution in [-0.2, 0) is 22.4 Å². The largest absolute Gasteiger partial charge is 0.605 e. The van der Waals surface area contributed by atoms with Crippen LogP contribution in [0.2, 0.25) is 0 Å². The number of sulfonamides is 1. The van der Waals surface area contributed by atoms with Crippen LogP contribution in [0.1, 0.15) is 0 Å². The quantitative estimate of drug-likeness (QED) is 0.486. The van der Waals surface area contributed by atoms with Crippen LogP contribution >= 0.6 is 0 Å². The molecule has 0 aliphatic heterocycles. The molecule has 86 valence electrons. The number of nitrogens with one attached hydrogen (secondary N) is 1. The molecule has 1 aromatic carbocycles. The maximum Gasteiger partial charge on any atom is 0.284 e. The van der Waals surface area contributed by atoms with E-state index in [1.807, 2.05) is 0 Å². The van der Waals surface area contributed by atoms with Gasteiger partial charge in [0, 0.05) is 12.6 Å². The number of rotatable bonds is 5. The second-order valence-corrected chi connectivity index (χ2v) is 4.93. The lowest BCUT2D eigenvalue weighted by molar-refractivity contribution is -0.328. The third-order valence-electron chi connectivity index (χ3n) is 1.77. The molecule has 16 heavy (non-hydrogen) atoms. The molecule has 0 bridgehead atoms. The van der Waals surface area contributed by atoms with Gasteiger partial charge in [-0.2, -0.15) is 0 Å². The second kappa shape index (κ2) is 5.15. The van der Waals surface area contributed by atoms with E-state index in [4.69, 9.17) is 0 Å². The third kappa shape index (κ3) is 2.84. The molecule has 0 radical (unpaired) electrons. The summed E-state index contributed by atoms with van der Waals surface area (Å²) in [7, 11) is -3.73. The lowest BCUT2D eigenvalue weighted by Gasteiger charge is -2.06. The van der Waals surface area contributed by atoms with Crippen molar-refractivity contribution in [3.05, 3.63) is 42.1 Å². The molecule has 0 unspecified atom stereocenters. The first-order valence-electron chi connectivity index (χ1n) is 4.33. The van der Waals surface area contributed by atoms with E-state index in [0.717, 1.165) is 0 Å². The van der Waals surface area contributed by atoms with E-state index in [-0.39, 0.29) is 21.2 Å². The summed E-state index contributed by atoms with van der Waals surface area (Å²) in [5, 5.41) is 11.0. The van der Waals surface area contributed by atoms with Gasteiger partial charge >= 0.3 is 0 Å². The summed E-state index contributed by atoms with van der Waals surface area (Å²) < 4.78 is 25.9. The molecule has 0 aliphatic carbocycles. The first-order chi connectivity index (χ1) is 7.49. The highest BCUT2D eigenvalue weighted by molar-refractivity contribution is 7.89. The Labute approximate surface area is 99.2 Å². The van der Waals surface area contributed by atoms with Gasteiger partial charge in [0.05, 0.1) is 0 Å². The van der Waals surface area contributed by atoms with Crippen molar-refractivity contribution in [2.45, 2.75) is 4.90 Å². The number of benzene rings is 1. The summed E-state index contributed by atoms with van der Waals surface area (Å²) in [6, 6.07) is 5.73. The molecular formula is C9H10N2O3S2. The lowest BCUT2D eigenvalue weighted by atomic mass is 10.3. The van der Waals surface area contributed by atoms with E-state index in [2.05, 4.69) is 23.7 Å². The van der Waals surface area contributed by atoms with Crippen molar-refractivity contribution in [1.82, 2.24) is 4.72 Å². The van der Waals surface area contributed by atoms with Crippen molar-refractivity contribution < 1.29 is 12.5 Å². The average Bonchev–Trinajstić information content (AvgIpc) is 2.26. The molecule has 0 fully saturated rings. The van der Waals surface area contributed by atoms with Crippen molar-refractivity contribution in [3.63, 3.8) is 0 Å². The summed E-state index contributed by atoms with van der Waals surface area (Å²) in [6.07, 6.45) is 1.41. The molecule has 0 atom stereocenters. The first kappa shape index (κ1) is 12.8. The topological polar surface area (TPSA) is 72.2 Å². The molecule has 0 aromatic heterocycles. The van der Waals surface area contributed by atoms with Gasteiger partial charge in [0.15, 0.2) is 4.90 Å². The zero-order valence-corrected chi connectivity index (χ0v) is 9.92. The smallest absolute Gasteiger partial charge is 0.284 e. The van der Waals surface area contributed by atoms with Crippen LogP contribution < -0.4 is 4.72 Å². The van der Waals surface area contributed by atoms with Gasteiger partial charge < -0.3 is 5.21 Å². The van der Waals surface area contributed by atoms with Gasteiger partial charge in [-0.3, -0.25) is 0 Å². The zero-order valence-electron chi connectivity index (χ0n) is 8.29. The molecule has 1 N–H and O–H groups in total. The fourth-order valence-corrected chi connectivity index (χ4v) is 2.48. The van der Waals surface area contributed by atoms with Gasteiger partial charge in [-0.15, -0.1) is 6.58 Å². The summed E-state index contributed by atoms with van der Waals surface area (Å²) in [5.74, 6) is 0. The maximum atomic E-state index is 11.7. The monoisotopic (exact) mass is 258 g/mol. The summed E-state index contributed by atoms with van der Waals surface area (Å²) in [4.78, 5) is -0.137. The molecule has 1 aromatic rings. The minimum Gasteiger partial charge on any atom is -0.605 e. The Morgan fingerprint density at radius 1 is 1.50 bits per heavy atom. The molecule has 0 saturated carbocycles. The fraction of sp³-hybridized carbons (Fsp3) is 0.111. The molecule has 0 aliphatic rings. The molecule has 0 saturated heterocycles. The highest BCUT2D eigenvalue weighted by Gasteiger charge is 2.22. The molecule has 0 amide bonds. The highest BCUT2D eigenvalue weighted by atomic mass is 32.2. The van der Waals surface area contributed by atoms with Crippen molar-refractivity contribution >= 4 is 28.1 Å². The molecule has 0 spiro atoms. The summed E-state index contributed by atoms with van der Waals surface area (Å²) in [5.41, 5.74) is -0.0749. The second-order valence-electron chi connectivity index (χ2n) is 2.87. The van der Waals surface area contributed by atoms with Gasteiger partial charge in [0.2, 0.25) is 10.0 Å². The van der Waals surface area contributed by atoms with Crippen LogP contribution in [0.15, 0.2) is 41.8 Å². The molecule has 0 heterocycles. The molecule has 5 nitrogen and oxygen atoms in total. The minimum absolute atomic E-state index is 0.0749. The number of hydrogen-bond donors (Lipinski definition) is 1. The highest BCUT2D eigenvalue weighted by Crippen LogP contribution is 2.22. The van der Waals surface area contributed by atoms with Crippen LogP contribution in [0.3, 0.4) is 0 Å². The van der Waals surface area contributed by atoms with Gasteiger partial charge in [-0.25, -0.2) is 13.1 Å². The van der Waals surface area contributed by atoms with Gasteiger partial charge in [0.1, 0.15) is 0 Å². The SMILES string of the molecule is C=CCNS(=O)(=O)c1ccccc1[N+]([O-])=S. The molecule has 1 rings (SSSR count). The van der Waals surface area contributed by atoms with Crippen LogP contribution in [0.25, 0.3) is 0 Å². The fourth-order valence-electron chi connectivity index (χ4n) is 1.08. The number of nitrogens with zero attached hydrogens (tertiary/aromatic N) is 1. The zero-order chi connectivity index (χ0) is 12.2. The van der Waals surface area contributed by atoms with Crippen LogP contribution in [0.5, 0.6) is 0 Å². The predicted octanol–water partition coefficient (Wildman–Crippen LogP) is 1.02. The van der Waals surface area contributed by atoms with Crippen molar-refractivity contribution in [2.24, 2.45) is 0 Å². The predicted molar refractivity (Wildman–Crippen MR) is 62.5 cm³/mol. The van der Waals surface area contributed by atoms with Gasteiger partial charge in [-0.05, 0) is 6.07 Å². The Kier molecular flexibility index (Phi) is 4.11. The van der Waals surface area contributed by atoms with Crippen LogP contribution in [0, 0.1) is 5.21 Å². The average molecular weight is 258 g/mol. The summed E-state index contributed by atoms with van der Waals surface area (Å²) in [6.45, 7) is 3.49. The standard InChI is InChI=1S/C9H10N2O3S2/c1-2-7-10-16(13,14)9-6-4-3-5-8(9)11(12)15/h2-6,10H,1,7H2. The summed E-state index contributed by atoms with van der Waals surface area (Å²) >= 11 is 4.38. The molecular weight excluding hydrogens is 248 g/mol. The number of para-hydroxylation sites is 1. The van der Waals surface area contributed by atoms with E-state index in [1.54, 1.807) is 6.07 Å². The third-order valence-corrected chi connectivity index (χ3v) is 3.44. The van der Waals surface area contributed by atoms with E-state index in [1.165, 1.54) is 24.3 Å². The Morgan fingerprint density at radius 3 is 2.69 bits per heavy atom. The van der Waals surface area contributed by atoms with E-state index in [0.29, 0.717) is 0 Å². The van der Waals surface area contributed by atoms with Gasteiger partial charge in [0.25, 0.3) is 18.1 Å². The lowest BCUT2D eigenvalue weighted by Crippen LogP contribution is -2.24. The molecule has 7 heteroatoms. The van der Waals surface area contributed by atoms with Crippen molar-refractivity contribution in [1.29, 1.82) is 0 Å².